The third-order valence-corrected chi connectivity index (χ3v) is 5.97. The number of rotatable bonds is 0. The molecular formula is C15H26N2. The molecule has 96 valence electrons. The smallest absolute Gasteiger partial charge is 0.0179 e. The van der Waals surface area contributed by atoms with Crippen molar-refractivity contribution < 1.29 is 0 Å². The quantitative estimate of drug-likeness (QED) is 0.635. The summed E-state index contributed by atoms with van der Waals surface area (Å²) < 4.78 is 0. The lowest BCUT2D eigenvalue weighted by atomic mass is 9.68. The van der Waals surface area contributed by atoms with Crippen LogP contribution in [-0.4, -0.2) is 48.1 Å². The summed E-state index contributed by atoms with van der Waals surface area (Å²) >= 11 is 0. The predicted octanol–water partition coefficient (Wildman–Crippen LogP) is 2.35. The molecule has 2 heteroatoms. The Bertz CT molecular complexity index is 289. The van der Waals surface area contributed by atoms with E-state index in [4.69, 9.17) is 0 Å². The molecule has 4 aliphatic rings. The Kier molecular flexibility index (Phi) is 2.69. The van der Waals surface area contributed by atoms with E-state index in [-0.39, 0.29) is 0 Å². The molecule has 0 aliphatic carbocycles. The average molecular weight is 234 g/mol. The Morgan fingerprint density at radius 3 is 2.47 bits per heavy atom. The average Bonchev–Trinajstić information content (AvgIpc) is 2.39. The highest BCUT2D eigenvalue weighted by molar-refractivity contribution is 5.03. The maximum atomic E-state index is 2.88. The zero-order chi connectivity index (χ0) is 11.2. The van der Waals surface area contributed by atoms with E-state index in [2.05, 4.69) is 9.80 Å². The topological polar surface area (TPSA) is 6.48 Å². The molecule has 17 heavy (non-hydrogen) atoms. The van der Waals surface area contributed by atoms with Crippen molar-refractivity contribution in [2.24, 2.45) is 11.8 Å². The van der Waals surface area contributed by atoms with E-state index >= 15 is 0 Å². The summed E-state index contributed by atoms with van der Waals surface area (Å²) in [6.45, 7) is 5.65. The minimum atomic E-state index is 0.964. The monoisotopic (exact) mass is 234 g/mol. The van der Waals surface area contributed by atoms with E-state index < -0.39 is 0 Å². The van der Waals surface area contributed by atoms with Crippen molar-refractivity contribution in [1.29, 1.82) is 0 Å². The van der Waals surface area contributed by atoms with Gasteiger partial charge in [0.15, 0.2) is 0 Å². The Morgan fingerprint density at radius 2 is 1.53 bits per heavy atom. The first-order valence-electron chi connectivity index (χ1n) is 7.91. The first-order valence-corrected chi connectivity index (χ1v) is 7.91. The van der Waals surface area contributed by atoms with Gasteiger partial charge in [0.25, 0.3) is 0 Å². The molecule has 0 aromatic carbocycles. The van der Waals surface area contributed by atoms with Gasteiger partial charge in [0.05, 0.1) is 0 Å². The first kappa shape index (κ1) is 10.8. The van der Waals surface area contributed by atoms with Crippen LogP contribution in [0.25, 0.3) is 0 Å². The fraction of sp³-hybridized carbons (Fsp3) is 1.00. The maximum Gasteiger partial charge on any atom is 0.0179 e. The van der Waals surface area contributed by atoms with Crippen molar-refractivity contribution in [2.45, 2.75) is 57.0 Å². The molecule has 4 atom stereocenters. The molecule has 4 saturated heterocycles. The Balaban J connectivity index is 1.63. The van der Waals surface area contributed by atoms with Gasteiger partial charge in [0, 0.05) is 18.6 Å². The van der Waals surface area contributed by atoms with Gasteiger partial charge in [-0.1, -0.05) is 6.42 Å². The molecule has 0 spiro atoms. The standard InChI is InChI=1S/C15H26N2/c1-2-8-17-11-12-5-3-9-16-10-4-6-13(15(12)16)14(17)7-1/h12-15H,1-11H2/t12-,13+,14+,15-/m1/s1. The molecule has 0 unspecified atom stereocenters. The third-order valence-electron chi connectivity index (χ3n) is 5.97. The zero-order valence-corrected chi connectivity index (χ0v) is 11.0. The normalized spacial score (nSPS) is 47.3. The number of hydrogen-bond acceptors (Lipinski definition) is 2. The van der Waals surface area contributed by atoms with Crippen LogP contribution in [0.4, 0.5) is 0 Å². The van der Waals surface area contributed by atoms with Gasteiger partial charge in [-0.05, 0) is 70.0 Å². The van der Waals surface area contributed by atoms with Gasteiger partial charge in [0.1, 0.15) is 0 Å². The highest BCUT2D eigenvalue weighted by Gasteiger charge is 2.48. The summed E-state index contributed by atoms with van der Waals surface area (Å²) in [5, 5.41) is 0. The predicted molar refractivity (Wildman–Crippen MR) is 70.0 cm³/mol. The maximum absolute atomic E-state index is 2.88. The van der Waals surface area contributed by atoms with Gasteiger partial charge in [-0.25, -0.2) is 0 Å². The van der Waals surface area contributed by atoms with Crippen LogP contribution in [0.1, 0.15) is 44.9 Å². The van der Waals surface area contributed by atoms with Crippen LogP contribution in [0.5, 0.6) is 0 Å². The third kappa shape index (κ3) is 1.67. The number of hydrogen-bond donors (Lipinski definition) is 0. The van der Waals surface area contributed by atoms with Gasteiger partial charge >= 0.3 is 0 Å². The van der Waals surface area contributed by atoms with Crippen LogP contribution in [-0.2, 0) is 0 Å². The minimum Gasteiger partial charge on any atom is -0.300 e. The molecule has 4 aliphatic heterocycles. The lowest BCUT2D eigenvalue weighted by Gasteiger charge is -2.58. The van der Waals surface area contributed by atoms with Gasteiger partial charge in [-0.2, -0.15) is 0 Å². The summed E-state index contributed by atoms with van der Waals surface area (Å²) in [5.41, 5.74) is 0. The molecule has 4 fully saturated rings. The van der Waals surface area contributed by atoms with E-state index in [0.717, 1.165) is 23.9 Å². The minimum absolute atomic E-state index is 0.964. The zero-order valence-electron chi connectivity index (χ0n) is 11.0. The van der Waals surface area contributed by atoms with Crippen LogP contribution in [0.2, 0.25) is 0 Å². The number of piperidine rings is 4. The van der Waals surface area contributed by atoms with E-state index in [0.29, 0.717) is 0 Å². The first-order chi connectivity index (χ1) is 8.43. The molecule has 0 bridgehead atoms. The van der Waals surface area contributed by atoms with Crippen molar-refractivity contribution in [1.82, 2.24) is 9.80 Å². The van der Waals surface area contributed by atoms with Crippen LogP contribution < -0.4 is 0 Å². The van der Waals surface area contributed by atoms with E-state index in [1.165, 1.54) is 71.1 Å². The highest BCUT2D eigenvalue weighted by Crippen LogP contribution is 2.44. The molecule has 4 heterocycles. The number of fused-ring (bicyclic) bond motifs is 2. The van der Waals surface area contributed by atoms with Gasteiger partial charge in [-0.3, -0.25) is 9.80 Å². The molecule has 0 saturated carbocycles. The number of nitrogens with zero attached hydrogens (tertiary/aromatic N) is 2. The lowest BCUT2D eigenvalue weighted by molar-refractivity contribution is -0.0859. The SMILES string of the molecule is C1CCN2C[C@H]3CCCN4CCC[C@H]([C@@H]34)[C@@H]2C1. The summed E-state index contributed by atoms with van der Waals surface area (Å²) in [6.07, 6.45) is 10.4. The second-order valence-electron chi connectivity index (χ2n) is 6.79. The van der Waals surface area contributed by atoms with Crippen LogP contribution >= 0.6 is 0 Å². The van der Waals surface area contributed by atoms with Crippen LogP contribution in [0.15, 0.2) is 0 Å². The Morgan fingerprint density at radius 1 is 0.706 bits per heavy atom. The molecule has 0 aromatic rings. The molecule has 0 N–H and O–H groups in total. The largest absolute Gasteiger partial charge is 0.300 e. The molecule has 0 radical (unpaired) electrons. The van der Waals surface area contributed by atoms with E-state index in [9.17, 15) is 0 Å². The van der Waals surface area contributed by atoms with E-state index in [1.54, 1.807) is 0 Å². The molecule has 0 aromatic heterocycles. The van der Waals surface area contributed by atoms with Crippen LogP contribution in [0.3, 0.4) is 0 Å². The van der Waals surface area contributed by atoms with Gasteiger partial charge < -0.3 is 0 Å². The van der Waals surface area contributed by atoms with Crippen molar-refractivity contribution in [3.05, 3.63) is 0 Å². The van der Waals surface area contributed by atoms with Crippen LogP contribution in [0, 0.1) is 11.8 Å². The van der Waals surface area contributed by atoms with Gasteiger partial charge in [0.2, 0.25) is 0 Å². The van der Waals surface area contributed by atoms with Crippen molar-refractivity contribution in [2.75, 3.05) is 26.2 Å². The van der Waals surface area contributed by atoms with Gasteiger partial charge in [-0.15, -0.1) is 0 Å². The Labute approximate surface area is 105 Å². The molecule has 4 rings (SSSR count). The van der Waals surface area contributed by atoms with E-state index in [1.807, 2.05) is 0 Å². The van der Waals surface area contributed by atoms with Crippen molar-refractivity contribution >= 4 is 0 Å². The fourth-order valence-corrected chi connectivity index (χ4v) is 5.41. The summed E-state index contributed by atoms with van der Waals surface area (Å²) in [6, 6.07) is 1.95. The summed E-state index contributed by atoms with van der Waals surface area (Å²) in [4.78, 5) is 5.75. The summed E-state index contributed by atoms with van der Waals surface area (Å²) in [5.74, 6) is 2.05. The van der Waals surface area contributed by atoms with Crippen molar-refractivity contribution in [3.8, 4) is 0 Å². The summed E-state index contributed by atoms with van der Waals surface area (Å²) in [7, 11) is 0. The fourth-order valence-electron chi connectivity index (χ4n) is 5.41. The lowest BCUT2D eigenvalue weighted by Crippen LogP contribution is -2.65. The second kappa shape index (κ2) is 4.24. The highest BCUT2D eigenvalue weighted by atomic mass is 15.3. The second-order valence-corrected chi connectivity index (χ2v) is 6.79. The Hall–Kier alpha value is -0.0800. The molecule has 2 nitrogen and oxygen atoms in total. The molecular weight excluding hydrogens is 208 g/mol. The molecule has 0 amide bonds. The van der Waals surface area contributed by atoms with Crippen molar-refractivity contribution in [3.63, 3.8) is 0 Å².